The van der Waals surface area contributed by atoms with Crippen LogP contribution in [-0.2, 0) is 12.8 Å². The molecule has 0 aliphatic carbocycles. The van der Waals surface area contributed by atoms with Crippen LogP contribution in [0.4, 0.5) is 0 Å². The first-order valence-electron chi connectivity index (χ1n) is 13.2. The van der Waals surface area contributed by atoms with Gasteiger partial charge in [-0.05, 0) is 78.7 Å². The van der Waals surface area contributed by atoms with Crippen LogP contribution in [0.15, 0.2) is 121 Å². The van der Waals surface area contributed by atoms with Crippen molar-refractivity contribution in [3.05, 3.63) is 143 Å². The van der Waals surface area contributed by atoms with Gasteiger partial charge in [-0.1, -0.05) is 109 Å². The van der Waals surface area contributed by atoms with Crippen molar-refractivity contribution in [2.45, 2.75) is 25.7 Å². The average molecular weight is 510 g/mol. The van der Waals surface area contributed by atoms with E-state index in [1.807, 2.05) is 0 Å². The number of benzene rings is 4. The second-order valence-electron chi connectivity index (χ2n) is 9.59. The first-order chi connectivity index (χ1) is 17.8. The molecule has 0 spiro atoms. The van der Waals surface area contributed by atoms with Crippen LogP contribution in [0.3, 0.4) is 0 Å². The van der Waals surface area contributed by atoms with Crippen LogP contribution in [0.1, 0.15) is 35.1 Å². The normalized spacial score (nSPS) is 13.1. The van der Waals surface area contributed by atoms with Crippen molar-refractivity contribution in [1.82, 2.24) is 4.90 Å². The Hall–Kier alpha value is -3.33. The van der Waals surface area contributed by atoms with Crippen molar-refractivity contribution in [3.63, 3.8) is 0 Å². The number of ether oxygens (including phenoxy) is 1. The van der Waals surface area contributed by atoms with Crippen molar-refractivity contribution in [1.29, 1.82) is 0 Å². The molecule has 0 N–H and O–H groups in total. The lowest BCUT2D eigenvalue weighted by atomic mass is 9.87. The van der Waals surface area contributed by atoms with Gasteiger partial charge in [0.05, 0.1) is 0 Å². The van der Waals surface area contributed by atoms with Gasteiger partial charge in [0.1, 0.15) is 12.4 Å². The minimum Gasteiger partial charge on any atom is -0.492 e. The number of hydrogen-bond donors (Lipinski definition) is 0. The smallest absolute Gasteiger partial charge is 0.119 e. The summed E-state index contributed by atoms with van der Waals surface area (Å²) in [5.74, 6) is 0.943. The lowest BCUT2D eigenvalue weighted by Crippen LogP contribution is -2.25. The van der Waals surface area contributed by atoms with Crippen LogP contribution in [0, 0.1) is 0 Å². The van der Waals surface area contributed by atoms with Gasteiger partial charge in [0.25, 0.3) is 0 Å². The summed E-state index contributed by atoms with van der Waals surface area (Å²) in [6.07, 6.45) is 4.46. The average Bonchev–Trinajstić information content (AvgIpc) is 3.45. The van der Waals surface area contributed by atoms with Crippen molar-refractivity contribution >= 4 is 18.0 Å². The van der Waals surface area contributed by atoms with Crippen molar-refractivity contribution < 1.29 is 4.74 Å². The monoisotopic (exact) mass is 509 g/mol. The van der Waals surface area contributed by atoms with Crippen LogP contribution in [0.2, 0.25) is 0 Å². The first-order valence-corrected chi connectivity index (χ1v) is 13.2. The first kappa shape index (κ1) is 26.7. The Bertz CT molecular complexity index is 1190. The van der Waals surface area contributed by atoms with Gasteiger partial charge in [-0.25, -0.2) is 0 Å². The maximum absolute atomic E-state index is 6.10. The molecule has 5 rings (SSSR count). The molecule has 1 aliphatic rings. The van der Waals surface area contributed by atoms with E-state index in [1.165, 1.54) is 59.3 Å². The van der Waals surface area contributed by atoms with Crippen molar-refractivity contribution in [2.24, 2.45) is 0 Å². The Balaban J connectivity index is 0.00000320. The SMILES string of the molecule is Cl.c1ccc(CC(Cc2ccccc2)=C(c2ccccc2)c2ccc(OCCN3CCCC3)cc2)cc1. The maximum atomic E-state index is 6.10. The van der Waals surface area contributed by atoms with E-state index < -0.39 is 0 Å². The zero-order valence-corrected chi connectivity index (χ0v) is 22.2. The molecule has 0 bridgehead atoms. The number of halogens is 1. The highest BCUT2D eigenvalue weighted by molar-refractivity contribution is 5.85. The molecule has 0 atom stereocenters. The van der Waals surface area contributed by atoms with E-state index in [1.54, 1.807) is 0 Å². The predicted octanol–water partition coefficient (Wildman–Crippen LogP) is 7.87. The minimum absolute atomic E-state index is 0. The number of likely N-dealkylation sites (tertiary alicyclic amines) is 1. The maximum Gasteiger partial charge on any atom is 0.119 e. The molecule has 2 nitrogen and oxygen atoms in total. The van der Waals surface area contributed by atoms with Gasteiger partial charge in [0.15, 0.2) is 0 Å². The van der Waals surface area contributed by atoms with Gasteiger partial charge >= 0.3 is 0 Å². The van der Waals surface area contributed by atoms with E-state index in [-0.39, 0.29) is 12.4 Å². The van der Waals surface area contributed by atoms with E-state index in [9.17, 15) is 0 Å². The number of rotatable bonds is 10. The van der Waals surface area contributed by atoms with Crippen LogP contribution >= 0.6 is 12.4 Å². The quantitative estimate of drug-likeness (QED) is 0.215. The molecule has 37 heavy (non-hydrogen) atoms. The topological polar surface area (TPSA) is 12.5 Å². The lowest BCUT2D eigenvalue weighted by molar-refractivity contribution is 0.238. The second-order valence-corrected chi connectivity index (χ2v) is 9.59. The predicted molar refractivity (Wildman–Crippen MR) is 158 cm³/mol. The third-order valence-corrected chi connectivity index (χ3v) is 6.95. The van der Waals surface area contributed by atoms with Gasteiger partial charge in [0, 0.05) is 6.54 Å². The van der Waals surface area contributed by atoms with Crippen LogP contribution in [0.5, 0.6) is 5.75 Å². The number of hydrogen-bond acceptors (Lipinski definition) is 2. The second kappa shape index (κ2) is 13.8. The molecule has 3 heteroatoms. The standard InChI is InChI=1S/C34H35NO.ClH/c1-4-12-28(13-5-1)26-32(27-29-14-6-2-7-15-29)34(30-16-8-3-9-17-30)31-18-20-33(21-19-31)36-25-24-35-22-10-11-23-35;/h1-9,12-21H,10-11,22-27H2;1H. The Morgan fingerprint density at radius 3 is 1.62 bits per heavy atom. The summed E-state index contributed by atoms with van der Waals surface area (Å²) in [5, 5.41) is 0. The summed E-state index contributed by atoms with van der Waals surface area (Å²) in [7, 11) is 0. The molecule has 1 heterocycles. The van der Waals surface area contributed by atoms with Gasteiger partial charge < -0.3 is 4.74 Å². The van der Waals surface area contributed by atoms with E-state index >= 15 is 0 Å². The molecule has 190 valence electrons. The molecular weight excluding hydrogens is 474 g/mol. The van der Waals surface area contributed by atoms with Crippen molar-refractivity contribution in [2.75, 3.05) is 26.2 Å². The Morgan fingerprint density at radius 2 is 1.08 bits per heavy atom. The number of allylic oxidation sites excluding steroid dienone is 1. The molecular formula is C34H36ClNO. The Morgan fingerprint density at radius 1 is 0.595 bits per heavy atom. The van der Waals surface area contributed by atoms with E-state index in [0.717, 1.165) is 31.7 Å². The van der Waals surface area contributed by atoms with Crippen LogP contribution in [-0.4, -0.2) is 31.1 Å². The van der Waals surface area contributed by atoms with Crippen molar-refractivity contribution in [3.8, 4) is 5.75 Å². The molecule has 0 amide bonds. The van der Waals surface area contributed by atoms with Crippen LogP contribution in [0.25, 0.3) is 5.57 Å². The van der Waals surface area contributed by atoms with E-state index in [2.05, 4.69) is 120 Å². The summed E-state index contributed by atoms with van der Waals surface area (Å²) < 4.78 is 6.10. The Labute approximate surface area is 228 Å². The minimum atomic E-state index is 0. The van der Waals surface area contributed by atoms with Gasteiger partial charge in [-0.15, -0.1) is 12.4 Å². The molecule has 1 aliphatic heterocycles. The van der Waals surface area contributed by atoms with Gasteiger partial charge in [-0.3, -0.25) is 4.90 Å². The molecule has 0 unspecified atom stereocenters. The third-order valence-electron chi connectivity index (χ3n) is 6.95. The Kier molecular flexibility index (Phi) is 9.99. The third kappa shape index (κ3) is 7.58. The fraction of sp³-hybridized carbons (Fsp3) is 0.235. The molecule has 0 saturated carbocycles. The lowest BCUT2D eigenvalue weighted by Gasteiger charge is -2.18. The molecule has 0 radical (unpaired) electrons. The highest BCUT2D eigenvalue weighted by Gasteiger charge is 2.15. The molecule has 4 aromatic carbocycles. The largest absolute Gasteiger partial charge is 0.492 e. The molecule has 0 aromatic heterocycles. The molecule has 1 saturated heterocycles. The molecule has 1 fully saturated rings. The van der Waals surface area contributed by atoms with E-state index in [4.69, 9.17) is 4.74 Å². The summed E-state index contributed by atoms with van der Waals surface area (Å²) in [6, 6.07) is 41.1. The summed E-state index contributed by atoms with van der Waals surface area (Å²) >= 11 is 0. The zero-order valence-electron chi connectivity index (χ0n) is 21.4. The highest BCUT2D eigenvalue weighted by atomic mass is 35.5. The highest BCUT2D eigenvalue weighted by Crippen LogP contribution is 2.32. The molecule has 4 aromatic rings. The van der Waals surface area contributed by atoms with Crippen LogP contribution < -0.4 is 4.74 Å². The van der Waals surface area contributed by atoms with Gasteiger partial charge in [0.2, 0.25) is 0 Å². The fourth-order valence-corrected chi connectivity index (χ4v) is 5.12. The van der Waals surface area contributed by atoms with Gasteiger partial charge in [-0.2, -0.15) is 0 Å². The summed E-state index contributed by atoms with van der Waals surface area (Å²) in [4.78, 5) is 2.49. The fourth-order valence-electron chi connectivity index (χ4n) is 5.12. The summed E-state index contributed by atoms with van der Waals surface area (Å²) in [6.45, 7) is 4.17. The summed E-state index contributed by atoms with van der Waals surface area (Å²) in [5.41, 5.74) is 7.88. The zero-order chi connectivity index (χ0) is 24.4. The van der Waals surface area contributed by atoms with E-state index in [0.29, 0.717) is 0 Å². The number of nitrogens with zero attached hydrogens (tertiary/aromatic N) is 1.